The minimum absolute atomic E-state index is 0.00569. The van der Waals surface area contributed by atoms with Gasteiger partial charge in [0.15, 0.2) is 0 Å². The van der Waals surface area contributed by atoms with E-state index in [2.05, 4.69) is 156 Å². The summed E-state index contributed by atoms with van der Waals surface area (Å²) >= 11 is 0. The monoisotopic (exact) mass is 607 g/mol. The lowest BCUT2D eigenvalue weighted by atomic mass is 9.85. The zero-order valence-corrected chi connectivity index (χ0v) is 29.0. The Labute approximate surface area is 268 Å². The quantitative estimate of drug-likeness (QED) is 0.115. The molecule has 3 nitrogen and oxygen atoms in total. The summed E-state index contributed by atoms with van der Waals surface area (Å²) in [6, 6.07) is 40.0. The summed E-state index contributed by atoms with van der Waals surface area (Å²) in [5.74, 6) is 1.08. The van der Waals surface area contributed by atoms with Gasteiger partial charge in [0.05, 0.1) is 6.61 Å². The van der Waals surface area contributed by atoms with E-state index in [1.807, 2.05) is 6.07 Å². The van der Waals surface area contributed by atoms with Crippen LogP contribution < -0.4 is 14.8 Å². The minimum Gasteiger partial charge on any atom is -0.534 e. The lowest BCUT2D eigenvalue weighted by Gasteiger charge is -2.43. The van der Waals surface area contributed by atoms with E-state index in [1.165, 1.54) is 21.5 Å². The molecule has 0 saturated heterocycles. The third-order valence-electron chi connectivity index (χ3n) is 9.00. The highest BCUT2D eigenvalue weighted by Crippen LogP contribution is 2.42. The maximum absolute atomic E-state index is 10.3. The standard InChI is InChI=1S/C40H53NO2Si/c1-31(2)41(32(3)4)28-18-17-25-37(34-19-11-8-12-20-34)38-29-33(30-42)26-27-39(38)43-44(40(5,6)7,35-21-13-9-14-22-35)36-23-15-10-16-24-36/h8-16,19-24,26-27,29,31-32,37,42H,17-18,25,28,30H2,1-7H3. The Morgan fingerprint density at radius 1 is 0.705 bits per heavy atom. The van der Waals surface area contributed by atoms with E-state index < -0.39 is 8.32 Å². The SMILES string of the molecule is CC(C)N(CCCCC(c1ccccc1)c1cc(CO)ccc1O[Si](c1ccccc1)(c1ccccc1)C(C)(C)C)C(C)C. The van der Waals surface area contributed by atoms with Crippen LogP contribution in [0.4, 0.5) is 0 Å². The molecule has 0 aromatic heterocycles. The smallest absolute Gasteiger partial charge is 0.319 e. The zero-order valence-electron chi connectivity index (χ0n) is 28.0. The number of benzene rings is 4. The van der Waals surface area contributed by atoms with Gasteiger partial charge in [-0.25, -0.2) is 0 Å². The Bertz CT molecular complexity index is 1370. The van der Waals surface area contributed by atoms with Crippen molar-refractivity contribution < 1.29 is 9.53 Å². The van der Waals surface area contributed by atoms with Crippen molar-refractivity contribution in [1.29, 1.82) is 0 Å². The number of hydrogen-bond donors (Lipinski definition) is 1. The molecule has 1 unspecified atom stereocenters. The molecule has 4 aromatic rings. The second kappa shape index (κ2) is 15.2. The first kappa shape index (κ1) is 33.7. The molecule has 0 amide bonds. The lowest BCUT2D eigenvalue weighted by Crippen LogP contribution is -2.68. The molecule has 0 fully saturated rings. The van der Waals surface area contributed by atoms with Gasteiger partial charge in [-0.3, -0.25) is 4.90 Å². The molecule has 44 heavy (non-hydrogen) atoms. The second-order valence-electron chi connectivity index (χ2n) is 13.7. The predicted octanol–water partition coefficient (Wildman–Crippen LogP) is 8.54. The summed E-state index contributed by atoms with van der Waals surface area (Å²) in [4.78, 5) is 2.58. The lowest BCUT2D eigenvalue weighted by molar-refractivity contribution is 0.171. The van der Waals surface area contributed by atoms with Gasteiger partial charge in [-0.15, -0.1) is 0 Å². The topological polar surface area (TPSA) is 32.7 Å². The third-order valence-corrected chi connectivity index (χ3v) is 13.9. The predicted molar refractivity (Wildman–Crippen MR) is 190 cm³/mol. The highest BCUT2D eigenvalue weighted by Gasteiger charge is 2.52. The van der Waals surface area contributed by atoms with Crippen molar-refractivity contribution >= 4 is 18.7 Å². The van der Waals surface area contributed by atoms with E-state index in [0.717, 1.165) is 37.1 Å². The summed E-state index contributed by atoms with van der Waals surface area (Å²) < 4.78 is 7.63. The Morgan fingerprint density at radius 2 is 1.23 bits per heavy atom. The second-order valence-corrected chi connectivity index (χ2v) is 17.9. The van der Waals surface area contributed by atoms with Crippen molar-refractivity contribution in [3.05, 3.63) is 126 Å². The number of aliphatic hydroxyl groups excluding tert-OH is 1. The number of hydrogen-bond acceptors (Lipinski definition) is 3. The molecule has 0 aliphatic heterocycles. The summed E-state index contributed by atoms with van der Waals surface area (Å²) in [5.41, 5.74) is 3.38. The molecule has 0 bridgehead atoms. The molecule has 1 N–H and O–H groups in total. The Balaban J connectivity index is 1.82. The number of nitrogens with zero attached hydrogens (tertiary/aromatic N) is 1. The van der Waals surface area contributed by atoms with Crippen LogP contribution in [0.25, 0.3) is 0 Å². The zero-order chi connectivity index (χ0) is 31.7. The van der Waals surface area contributed by atoms with Crippen LogP contribution in [-0.4, -0.2) is 37.0 Å². The highest BCUT2D eigenvalue weighted by atomic mass is 28.4. The molecule has 0 aliphatic carbocycles. The van der Waals surface area contributed by atoms with Gasteiger partial charge in [0.1, 0.15) is 5.75 Å². The van der Waals surface area contributed by atoms with E-state index in [-0.39, 0.29) is 17.6 Å². The van der Waals surface area contributed by atoms with Crippen LogP contribution in [0, 0.1) is 0 Å². The molecule has 4 aromatic carbocycles. The summed E-state index contributed by atoms with van der Waals surface area (Å²) in [6.07, 6.45) is 3.27. The number of rotatable bonds is 14. The third kappa shape index (κ3) is 7.72. The molecule has 234 valence electrons. The van der Waals surface area contributed by atoms with Gasteiger partial charge in [0.25, 0.3) is 0 Å². The van der Waals surface area contributed by atoms with Gasteiger partial charge >= 0.3 is 8.32 Å². The summed E-state index contributed by atoms with van der Waals surface area (Å²) in [6.45, 7) is 17.2. The summed E-state index contributed by atoms with van der Waals surface area (Å²) in [7, 11) is -2.84. The Morgan fingerprint density at radius 3 is 1.70 bits per heavy atom. The van der Waals surface area contributed by atoms with Crippen molar-refractivity contribution in [3.63, 3.8) is 0 Å². The van der Waals surface area contributed by atoms with Crippen LogP contribution in [-0.2, 0) is 6.61 Å². The molecule has 4 rings (SSSR count). The van der Waals surface area contributed by atoms with E-state index in [4.69, 9.17) is 4.43 Å². The van der Waals surface area contributed by atoms with Crippen LogP contribution >= 0.6 is 0 Å². The average Bonchev–Trinajstić information content (AvgIpc) is 3.02. The van der Waals surface area contributed by atoms with E-state index in [0.29, 0.717) is 12.1 Å². The fourth-order valence-corrected chi connectivity index (χ4v) is 11.3. The molecule has 0 aliphatic rings. The average molecular weight is 608 g/mol. The van der Waals surface area contributed by atoms with Gasteiger partial charge in [0, 0.05) is 23.6 Å². The maximum atomic E-state index is 10.3. The van der Waals surface area contributed by atoms with Gasteiger partial charge in [0.2, 0.25) is 0 Å². The normalized spacial score (nSPS) is 13.1. The molecule has 0 saturated carbocycles. The van der Waals surface area contributed by atoms with Gasteiger partial charge in [-0.1, -0.05) is 124 Å². The first-order valence-electron chi connectivity index (χ1n) is 16.4. The molecule has 1 atom stereocenters. The van der Waals surface area contributed by atoms with Gasteiger partial charge in [-0.05, 0) is 85.8 Å². The molecular weight excluding hydrogens is 555 g/mol. The van der Waals surface area contributed by atoms with Crippen LogP contribution in [0.15, 0.2) is 109 Å². The molecule has 0 heterocycles. The first-order valence-corrected chi connectivity index (χ1v) is 18.3. The Hall–Kier alpha value is -3.18. The van der Waals surface area contributed by atoms with Gasteiger partial charge < -0.3 is 9.53 Å². The van der Waals surface area contributed by atoms with Crippen molar-refractivity contribution in [2.45, 2.75) is 97.4 Å². The van der Waals surface area contributed by atoms with E-state index >= 15 is 0 Å². The fraction of sp³-hybridized carbons (Fsp3) is 0.400. The van der Waals surface area contributed by atoms with Crippen LogP contribution in [0.2, 0.25) is 5.04 Å². The van der Waals surface area contributed by atoms with Crippen molar-refractivity contribution in [3.8, 4) is 5.75 Å². The van der Waals surface area contributed by atoms with Crippen molar-refractivity contribution in [1.82, 2.24) is 4.90 Å². The fourth-order valence-electron chi connectivity index (χ4n) is 6.82. The van der Waals surface area contributed by atoms with Crippen LogP contribution in [0.5, 0.6) is 5.75 Å². The first-order chi connectivity index (χ1) is 21.1. The van der Waals surface area contributed by atoms with Gasteiger partial charge in [-0.2, -0.15) is 0 Å². The van der Waals surface area contributed by atoms with Crippen molar-refractivity contribution in [2.24, 2.45) is 0 Å². The highest BCUT2D eigenvalue weighted by molar-refractivity contribution is 7.00. The largest absolute Gasteiger partial charge is 0.534 e. The van der Waals surface area contributed by atoms with E-state index in [9.17, 15) is 5.11 Å². The molecule has 4 heteroatoms. The number of aliphatic hydroxyl groups is 1. The van der Waals surface area contributed by atoms with Crippen LogP contribution in [0.3, 0.4) is 0 Å². The summed E-state index contributed by atoms with van der Waals surface area (Å²) in [5, 5.41) is 12.6. The van der Waals surface area contributed by atoms with E-state index in [1.54, 1.807) is 0 Å². The molecule has 0 spiro atoms. The van der Waals surface area contributed by atoms with Crippen molar-refractivity contribution in [2.75, 3.05) is 6.54 Å². The molecular formula is C40H53NO2Si. The van der Waals surface area contributed by atoms with Crippen LogP contribution in [0.1, 0.15) is 90.3 Å². The maximum Gasteiger partial charge on any atom is 0.319 e. The molecule has 0 radical (unpaired) electrons. The Kier molecular flexibility index (Phi) is 11.6. The number of unbranched alkanes of at least 4 members (excludes halogenated alkanes) is 1. The minimum atomic E-state index is -2.84.